The molecule has 23 heavy (non-hydrogen) atoms. The Morgan fingerprint density at radius 1 is 1.30 bits per heavy atom. The number of hydrogen-bond acceptors (Lipinski definition) is 3. The van der Waals surface area contributed by atoms with Crippen molar-refractivity contribution in [1.29, 1.82) is 0 Å². The minimum atomic E-state index is -0.0529. The minimum absolute atomic E-state index is 0.0529. The van der Waals surface area contributed by atoms with E-state index in [0.29, 0.717) is 19.5 Å². The average Bonchev–Trinajstić information content (AvgIpc) is 3.02. The number of benzene rings is 1. The Balaban J connectivity index is 1.74. The van der Waals surface area contributed by atoms with Crippen molar-refractivity contribution in [3.05, 3.63) is 35.9 Å². The summed E-state index contributed by atoms with van der Waals surface area (Å²) in [4.78, 5) is 26.2. The van der Waals surface area contributed by atoms with E-state index in [9.17, 15) is 9.59 Å². The van der Waals surface area contributed by atoms with Crippen molar-refractivity contribution in [2.75, 3.05) is 26.7 Å². The number of likely N-dealkylation sites (tertiary alicyclic amines) is 1. The number of nitrogens with one attached hydrogen (secondary N) is 2. The molecule has 0 aliphatic carbocycles. The summed E-state index contributed by atoms with van der Waals surface area (Å²) in [6.45, 7) is 3.94. The Morgan fingerprint density at radius 2 is 2.04 bits per heavy atom. The van der Waals surface area contributed by atoms with Gasteiger partial charge >= 0.3 is 0 Å². The van der Waals surface area contributed by atoms with Crippen LogP contribution in [0.3, 0.4) is 0 Å². The number of rotatable bonds is 7. The van der Waals surface area contributed by atoms with Crippen molar-refractivity contribution in [2.45, 2.75) is 32.2 Å². The van der Waals surface area contributed by atoms with Crippen LogP contribution < -0.4 is 10.6 Å². The maximum Gasteiger partial charge on any atom is 0.224 e. The zero-order valence-electron chi connectivity index (χ0n) is 14.0. The lowest BCUT2D eigenvalue weighted by Gasteiger charge is -2.19. The summed E-state index contributed by atoms with van der Waals surface area (Å²) in [6, 6.07) is 10.1. The molecule has 1 aliphatic heterocycles. The van der Waals surface area contributed by atoms with E-state index in [4.69, 9.17) is 0 Å². The highest BCUT2D eigenvalue weighted by molar-refractivity contribution is 5.79. The van der Waals surface area contributed by atoms with Gasteiger partial charge in [-0.15, -0.1) is 0 Å². The van der Waals surface area contributed by atoms with Crippen LogP contribution >= 0.6 is 0 Å². The fourth-order valence-electron chi connectivity index (χ4n) is 2.90. The van der Waals surface area contributed by atoms with Crippen molar-refractivity contribution >= 4 is 11.8 Å². The number of hydrogen-bond donors (Lipinski definition) is 2. The first kappa shape index (κ1) is 17.5. The highest BCUT2D eigenvalue weighted by Crippen LogP contribution is 2.13. The van der Waals surface area contributed by atoms with Gasteiger partial charge in [-0.2, -0.15) is 0 Å². The third kappa shape index (κ3) is 5.36. The van der Waals surface area contributed by atoms with Crippen molar-refractivity contribution in [2.24, 2.45) is 5.92 Å². The predicted octanol–water partition coefficient (Wildman–Crippen LogP) is 1.19. The van der Waals surface area contributed by atoms with Gasteiger partial charge in [0.15, 0.2) is 0 Å². The van der Waals surface area contributed by atoms with Crippen LogP contribution in [0.15, 0.2) is 30.3 Å². The second-order valence-electron chi connectivity index (χ2n) is 6.28. The molecule has 0 spiro atoms. The first-order valence-electron chi connectivity index (χ1n) is 8.37. The molecule has 126 valence electrons. The lowest BCUT2D eigenvalue weighted by atomic mass is 10.1. The van der Waals surface area contributed by atoms with Crippen LogP contribution in [0.1, 0.15) is 25.3 Å². The molecule has 1 aromatic carbocycles. The number of nitrogens with zero attached hydrogens (tertiary/aromatic N) is 1. The zero-order chi connectivity index (χ0) is 16.7. The van der Waals surface area contributed by atoms with Crippen LogP contribution in [0.25, 0.3) is 0 Å². The summed E-state index contributed by atoms with van der Waals surface area (Å²) in [5.74, 6) is 0.180. The van der Waals surface area contributed by atoms with Crippen LogP contribution in [0.4, 0.5) is 0 Å². The van der Waals surface area contributed by atoms with Crippen LogP contribution in [0.2, 0.25) is 0 Å². The molecule has 5 heteroatoms. The Morgan fingerprint density at radius 3 is 2.74 bits per heavy atom. The molecule has 1 saturated heterocycles. The third-order valence-corrected chi connectivity index (χ3v) is 4.32. The van der Waals surface area contributed by atoms with Crippen LogP contribution in [-0.2, 0) is 16.0 Å². The van der Waals surface area contributed by atoms with E-state index in [1.807, 2.05) is 49.2 Å². The Kier molecular flexibility index (Phi) is 6.59. The molecule has 0 saturated carbocycles. The smallest absolute Gasteiger partial charge is 0.224 e. The lowest BCUT2D eigenvalue weighted by molar-refractivity contribution is -0.130. The minimum Gasteiger partial charge on any atom is -0.351 e. The average molecular weight is 317 g/mol. The molecule has 0 bridgehead atoms. The standard InChI is InChI=1S/C18H27N3O2/c1-14(12-19-2)18(23)20-16-10-11-21(13-16)17(22)9-8-15-6-4-3-5-7-15/h3-7,14,16,19H,8-13H2,1-2H3,(H,20,23). The van der Waals surface area contributed by atoms with E-state index in [1.54, 1.807) is 0 Å². The largest absolute Gasteiger partial charge is 0.351 e. The van der Waals surface area contributed by atoms with Gasteiger partial charge in [0.05, 0.1) is 0 Å². The molecular formula is C18H27N3O2. The number of carbonyl (C=O) groups excluding carboxylic acids is 2. The first-order valence-corrected chi connectivity index (χ1v) is 8.37. The van der Waals surface area contributed by atoms with Crippen LogP contribution in [0.5, 0.6) is 0 Å². The molecule has 1 aromatic rings. The highest BCUT2D eigenvalue weighted by atomic mass is 16.2. The quantitative estimate of drug-likeness (QED) is 0.794. The predicted molar refractivity (Wildman–Crippen MR) is 91.0 cm³/mol. The van der Waals surface area contributed by atoms with Gasteiger partial charge in [0.25, 0.3) is 0 Å². The molecular weight excluding hydrogens is 290 g/mol. The summed E-state index contributed by atoms with van der Waals surface area (Å²) in [5.41, 5.74) is 1.19. The van der Waals surface area contributed by atoms with Gasteiger partial charge in [-0.3, -0.25) is 9.59 Å². The molecule has 2 rings (SSSR count). The second kappa shape index (κ2) is 8.67. The number of carbonyl (C=O) groups is 2. The molecule has 2 unspecified atom stereocenters. The Hall–Kier alpha value is -1.88. The summed E-state index contributed by atoms with van der Waals surface area (Å²) < 4.78 is 0. The summed E-state index contributed by atoms with van der Waals surface area (Å²) in [6.07, 6.45) is 2.14. The fraction of sp³-hybridized carbons (Fsp3) is 0.556. The molecule has 1 aliphatic rings. The zero-order valence-corrected chi connectivity index (χ0v) is 14.0. The fourth-order valence-corrected chi connectivity index (χ4v) is 2.90. The molecule has 5 nitrogen and oxygen atoms in total. The highest BCUT2D eigenvalue weighted by Gasteiger charge is 2.27. The van der Waals surface area contributed by atoms with Gasteiger partial charge < -0.3 is 15.5 Å². The van der Waals surface area contributed by atoms with Gasteiger partial charge in [0.2, 0.25) is 11.8 Å². The van der Waals surface area contributed by atoms with Crippen LogP contribution in [-0.4, -0.2) is 49.4 Å². The van der Waals surface area contributed by atoms with Gasteiger partial charge in [0, 0.05) is 38.0 Å². The van der Waals surface area contributed by atoms with Crippen LogP contribution in [0, 0.1) is 5.92 Å². The molecule has 0 radical (unpaired) electrons. The topological polar surface area (TPSA) is 61.4 Å². The van der Waals surface area contributed by atoms with Gasteiger partial charge in [-0.1, -0.05) is 37.3 Å². The van der Waals surface area contributed by atoms with Crippen molar-refractivity contribution in [3.8, 4) is 0 Å². The number of aryl methyl sites for hydroxylation is 1. The van der Waals surface area contributed by atoms with E-state index >= 15 is 0 Å². The van der Waals surface area contributed by atoms with Crippen molar-refractivity contribution < 1.29 is 9.59 Å². The van der Waals surface area contributed by atoms with Crippen molar-refractivity contribution in [3.63, 3.8) is 0 Å². The van der Waals surface area contributed by atoms with E-state index in [1.165, 1.54) is 5.56 Å². The lowest BCUT2D eigenvalue weighted by Crippen LogP contribution is -2.42. The Labute approximate surface area is 138 Å². The summed E-state index contributed by atoms with van der Waals surface area (Å²) in [5, 5.41) is 6.06. The Bertz CT molecular complexity index is 518. The second-order valence-corrected chi connectivity index (χ2v) is 6.28. The van der Waals surface area contributed by atoms with E-state index in [0.717, 1.165) is 19.4 Å². The van der Waals surface area contributed by atoms with Crippen molar-refractivity contribution in [1.82, 2.24) is 15.5 Å². The summed E-state index contributed by atoms with van der Waals surface area (Å²) >= 11 is 0. The molecule has 2 atom stereocenters. The monoisotopic (exact) mass is 317 g/mol. The number of amides is 2. The van der Waals surface area contributed by atoms with Gasteiger partial charge in [-0.05, 0) is 25.5 Å². The molecule has 1 heterocycles. The van der Waals surface area contributed by atoms with E-state index < -0.39 is 0 Å². The molecule has 2 amide bonds. The molecule has 1 fully saturated rings. The van der Waals surface area contributed by atoms with Gasteiger partial charge in [0.1, 0.15) is 0 Å². The maximum absolute atomic E-state index is 12.3. The van der Waals surface area contributed by atoms with E-state index in [-0.39, 0.29) is 23.8 Å². The van der Waals surface area contributed by atoms with Gasteiger partial charge in [-0.25, -0.2) is 0 Å². The van der Waals surface area contributed by atoms with E-state index in [2.05, 4.69) is 10.6 Å². The third-order valence-electron chi connectivity index (χ3n) is 4.32. The first-order chi connectivity index (χ1) is 11.1. The SMILES string of the molecule is CNCC(C)C(=O)NC1CCN(C(=O)CCc2ccccc2)C1. The molecule has 0 aromatic heterocycles. The maximum atomic E-state index is 12.3. The normalized spacial score (nSPS) is 18.7. The molecule has 2 N–H and O–H groups in total. The summed E-state index contributed by atoms with van der Waals surface area (Å²) in [7, 11) is 1.84.